The molecule has 18 heavy (non-hydrogen) atoms. The molecule has 0 unspecified atom stereocenters. The molecule has 4 heteroatoms. The summed E-state index contributed by atoms with van der Waals surface area (Å²) >= 11 is 7.96. The lowest BCUT2D eigenvalue weighted by Crippen LogP contribution is -2.16. The van der Waals surface area contributed by atoms with Crippen LogP contribution in [0.2, 0.25) is 5.02 Å². The van der Waals surface area contributed by atoms with E-state index >= 15 is 0 Å². The Morgan fingerprint density at radius 1 is 1.33 bits per heavy atom. The molecule has 0 bridgehead atoms. The number of hydrogen-bond acceptors (Lipinski definition) is 3. The fraction of sp³-hybridized carbons (Fsp3) is 0.571. The normalized spacial score (nSPS) is 11.2. The summed E-state index contributed by atoms with van der Waals surface area (Å²) in [5.41, 5.74) is 1.34. The smallest absolute Gasteiger partial charge is 0.0417 e. The van der Waals surface area contributed by atoms with E-state index in [-0.39, 0.29) is 0 Å². The van der Waals surface area contributed by atoms with Crippen molar-refractivity contribution in [1.82, 2.24) is 10.2 Å². The first-order valence-electron chi connectivity index (χ1n) is 6.40. The number of nitrogens with zero attached hydrogens (tertiary/aromatic N) is 1. The Morgan fingerprint density at radius 2 is 2.11 bits per heavy atom. The van der Waals surface area contributed by atoms with Gasteiger partial charge in [0.25, 0.3) is 0 Å². The Morgan fingerprint density at radius 3 is 2.78 bits per heavy atom. The summed E-state index contributed by atoms with van der Waals surface area (Å²) in [4.78, 5) is 3.50. The van der Waals surface area contributed by atoms with Crippen LogP contribution in [0, 0.1) is 0 Å². The molecule has 1 aromatic carbocycles. The fourth-order valence-electron chi connectivity index (χ4n) is 1.55. The van der Waals surface area contributed by atoms with Gasteiger partial charge in [-0.2, -0.15) is 0 Å². The van der Waals surface area contributed by atoms with E-state index in [2.05, 4.69) is 43.4 Å². The lowest BCUT2D eigenvalue weighted by atomic mass is 10.2. The molecule has 0 radical (unpaired) electrons. The Bertz CT molecular complexity index is 356. The summed E-state index contributed by atoms with van der Waals surface area (Å²) in [6.45, 7) is 5.25. The van der Waals surface area contributed by atoms with E-state index in [1.807, 2.05) is 17.8 Å². The molecule has 0 aliphatic heterocycles. The molecular weight excluding hydrogens is 264 g/mol. The second-order valence-corrected chi connectivity index (χ2v) is 6.15. The van der Waals surface area contributed by atoms with E-state index in [1.165, 1.54) is 10.5 Å². The predicted molar refractivity (Wildman–Crippen MR) is 82.7 cm³/mol. The SMILES string of the molecule is CCCNCc1ccc(Cl)cc1SCCN(C)C. The summed E-state index contributed by atoms with van der Waals surface area (Å²) in [6, 6.07) is 6.17. The van der Waals surface area contributed by atoms with Gasteiger partial charge >= 0.3 is 0 Å². The zero-order valence-corrected chi connectivity index (χ0v) is 13.1. The molecule has 0 heterocycles. The van der Waals surface area contributed by atoms with Crippen molar-refractivity contribution in [1.29, 1.82) is 0 Å². The van der Waals surface area contributed by atoms with E-state index in [9.17, 15) is 0 Å². The molecule has 0 aliphatic rings. The maximum Gasteiger partial charge on any atom is 0.0417 e. The van der Waals surface area contributed by atoms with Crippen molar-refractivity contribution in [3.05, 3.63) is 28.8 Å². The van der Waals surface area contributed by atoms with Gasteiger partial charge in [-0.3, -0.25) is 0 Å². The first kappa shape index (κ1) is 15.8. The standard InChI is InChI=1S/C14H23ClN2S/c1-4-7-16-11-12-5-6-13(15)10-14(12)18-9-8-17(2)3/h5-6,10,16H,4,7-9,11H2,1-3H3. The Labute approximate surface area is 120 Å². The van der Waals surface area contributed by atoms with Gasteiger partial charge < -0.3 is 10.2 Å². The van der Waals surface area contributed by atoms with E-state index in [4.69, 9.17) is 11.6 Å². The topological polar surface area (TPSA) is 15.3 Å². The number of benzene rings is 1. The monoisotopic (exact) mass is 286 g/mol. The highest BCUT2D eigenvalue weighted by atomic mass is 35.5. The van der Waals surface area contributed by atoms with Crippen molar-refractivity contribution >= 4 is 23.4 Å². The minimum absolute atomic E-state index is 0.821. The third-order valence-electron chi connectivity index (χ3n) is 2.57. The molecule has 0 saturated carbocycles. The third kappa shape index (κ3) is 6.10. The zero-order valence-electron chi connectivity index (χ0n) is 11.5. The Kier molecular flexibility index (Phi) is 7.75. The van der Waals surface area contributed by atoms with Gasteiger partial charge in [0.1, 0.15) is 0 Å². The quantitative estimate of drug-likeness (QED) is 0.582. The van der Waals surface area contributed by atoms with Crippen LogP contribution in [0.5, 0.6) is 0 Å². The van der Waals surface area contributed by atoms with Crippen molar-refractivity contribution in [3.63, 3.8) is 0 Å². The van der Waals surface area contributed by atoms with Crippen LogP contribution in [0.1, 0.15) is 18.9 Å². The minimum Gasteiger partial charge on any atom is -0.313 e. The molecule has 0 saturated heterocycles. The molecule has 0 amide bonds. The predicted octanol–water partition coefficient (Wildman–Crippen LogP) is 3.49. The number of halogens is 1. The first-order valence-corrected chi connectivity index (χ1v) is 7.76. The van der Waals surface area contributed by atoms with Gasteiger partial charge in [0, 0.05) is 28.8 Å². The van der Waals surface area contributed by atoms with E-state index in [0.29, 0.717) is 0 Å². The molecule has 1 N–H and O–H groups in total. The van der Waals surface area contributed by atoms with Crippen LogP contribution >= 0.6 is 23.4 Å². The van der Waals surface area contributed by atoms with Crippen LogP contribution in [0.25, 0.3) is 0 Å². The molecular formula is C14H23ClN2S. The van der Waals surface area contributed by atoms with Crippen LogP contribution in [-0.4, -0.2) is 37.8 Å². The van der Waals surface area contributed by atoms with E-state index in [0.717, 1.165) is 36.8 Å². The lowest BCUT2D eigenvalue weighted by Gasteiger charge is -2.12. The maximum atomic E-state index is 6.08. The number of hydrogen-bond donors (Lipinski definition) is 1. The number of thioether (sulfide) groups is 1. The fourth-order valence-corrected chi connectivity index (χ4v) is 3.00. The molecule has 1 aromatic rings. The third-order valence-corrected chi connectivity index (χ3v) is 3.88. The molecule has 102 valence electrons. The number of nitrogens with one attached hydrogen (secondary N) is 1. The van der Waals surface area contributed by atoms with Crippen LogP contribution in [0.3, 0.4) is 0 Å². The highest BCUT2D eigenvalue weighted by Gasteiger charge is 2.04. The lowest BCUT2D eigenvalue weighted by molar-refractivity contribution is 0.437. The van der Waals surface area contributed by atoms with Crippen LogP contribution in [0.4, 0.5) is 0 Å². The minimum atomic E-state index is 0.821. The molecule has 0 aliphatic carbocycles. The molecule has 0 atom stereocenters. The summed E-state index contributed by atoms with van der Waals surface area (Å²) in [7, 11) is 4.20. The summed E-state index contributed by atoms with van der Waals surface area (Å²) in [5.74, 6) is 1.09. The second-order valence-electron chi connectivity index (χ2n) is 4.58. The highest BCUT2D eigenvalue weighted by molar-refractivity contribution is 7.99. The average Bonchev–Trinajstić information content (AvgIpc) is 2.31. The van der Waals surface area contributed by atoms with Gasteiger partial charge in [-0.25, -0.2) is 0 Å². The molecule has 1 rings (SSSR count). The summed E-state index contributed by atoms with van der Waals surface area (Å²) < 4.78 is 0. The largest absolute Gasteiger partial charge is 0.313 e. The van der Waals surface area contributed by atoms with Gasteiger partial charge in [0.05, 0.1) is 0 Å². The molecule has 0 aromatic heterocycles. The molecule has 0 spiro atoms. The first-order chi connectivity index (χ1) is 8.63. The molecule has 0 fully saturated rings. The summed E-state index contributed by atoms with van der Waals surface area (Å²) in [6.07, 6.45) is 1.16. The Balaban J connectivity index is 2.58. The van der Waals surface area contributed by atoms with Gasteiger partial charge in [-0.15, -0.1) is 11.8 Å². The van der Waals surface area contributed by atoms with Crippen LogP contribution in [0.15, 0.2) is 23.1 Å². The van der Waals surface area contributed by atoms with Crippen molar-refractivity contribution < 1.29 is 0 Å². The molecule has 2 nitrogen and oxygen atoms in total. The van der Waals surface area contributed by atoms with Gasteiger partial charge in [0.15, 0.2) is 0 Å². The average molecular weight is 287 g/mol. The van der Waals surface area contributed by atoms with E-state index in [1.54, 1.807) is 0 Å². The van der Waals surface area contributed by atoms with Gasteiger partial charge in [0.2, 0.25) is 0 Å². The Hall–Kier alpha value is -0.220. The second kappa shape index (κ2) is 8.81. The van der Waals surface area contributed by atoms with Crippen molar-refractivity contribution in [2.75, 3.05) is 32.9 Å². The van der Waals surface area contributed by atoms with Crippen LogP contribution < -0.4 is 5.32 Å². The van der Waals surface area contributed by atoms with E-state index < -0.39 is 0 Å². The summed E-state index contributed by atoms with van der Waals surface area (Å²) in [5, 5.41) is 4.26. The maximum absolute atomic E-state index is 6.08. The van der Waals surface area contributed by atoms with Crippen molar-refractivity contribution in [2.45, 2.75) is 24.8 Å². The van der Waals surface area contributed by atoms with Gasteiger partial charge in [-0.1, -0.05) is 24.6 Å². The van der Waals surface area contributed by atoms with Crippen LogP contribution in [-0.2, 0) is 6.54 Å². The van der Waals surface area contributed by atoms with Gasteiger partial charge in [-0.05, 0) is 44.8 Å². The number of rotatable bonds is 8. The highest BCUT2D eigenvalue weighted by Crippen LogP contribution is 2.26. The van der Waals surface area contributed by atoms with Crippen molar-refractivity contribution in [2.24, 2.45) is 0 Å². The zero-order chi connectivity index (χ0) is 13.4. The van der Waals surface area contributed by atoms with Crippen molar-refractivity contribution in [3.8, 4) is 0 Å².